The van der Waals surface area contributed by atoms with Crippen molar-refractivity contribution in [2.75, 3.05) is 0 Å². The summed E-state index contributed by atoms with van der Waals surface area (Å²) in [5, 5.41) is 10.0. The highest BCUT2D eigenvalue weighted by Crippen LogP contribution is 2.31. The molecule has 0 amide bonds. The minimum absolute atomic E-state index is 0.715. The molecule has 0 saturated heterocycles. The van der Waals surface area contributed by atoms with Gasteiger partial charge in [-0.1, -0.05) is 97.1 Å². The van der Waals surface area contributed by atoms with E-state index in [2.05, 4.69) is 0 Å². The molecule has 136 valence electrons. The van der Waals surface area contributed by atoms with Gasteiger partial charge in [0.1, 0.15) is 5.92 Å². The molecule has 0 aliphatic carbocycles. The second kappa shape index (κ2) is 7.93. The smallest absolute Gasteiger partial charge is 0.315 e. The van der Waals surface area contributed by atoms with Crippen LogP contribution in [0.1, 0.15) is 17.0 Å². The van der Waals surface area contributed by atoms with Crippen LogP contribution in [0.3, 0.4) is 0 Å². The van der Waals surface area contributed by atoms with E-state index in [-0.39, 0.29) is 0 Å². The maximum absolute atomic E-state index is 12.2. The number of benzene rings is 4. The Morgan fingerprint density at radius 1 is 0.536 bits per heavy atom. The van der Waals surface area contributed by atoms with E-state index in [0.717, 1.165) is 33.4 Å². The average molecular weight is 364 g/mol. The fraction of sp³-hybridized carbons (Fsp3) is 0.0385. The summed E-state index contributed by atoms with van der Waals surface area (Å²) in [5.41, 5.74) is 5.74. The van der Waals surface area contributed by atoms with Crippen LogP contribution in [0.15, 0.2) is 109 Å². The van der Waals surface area contributed by atoms with Crippen molar-refractivity contribution in [1.82, 2.24) is 0 Å². The molecule has 0 bridgehead atoms. The number of carboxylic acid groups (broad SMARTS) is 1. The highest BCUT2D eigenvalue weighted by molar-refractivity contribution is 5.82. The normalized spacial score (nSPS) is 10.8. The van der Waals surface area contributed by atoms with Crippen LogP contribution in [-0.4, -0.2) is 11.1 Å². The third-order valence-electron chi connectivity index (χ3n) is 4.90. The van der Waals surface area contributed by atoms with Crippen LogP contribution in [0, 0.1) is 0 Å². The molecule has 0 unspecified atom stereocenters. The van der Waals surface area contributed by atoms with E-state index in [1.54, 1.807) is 0 Å². The lowest BCUT2D eigenvalue weighted by Crippen LogP contribution is -2.13. The van der Waals surface area contributed by atoms with Gasteiger partial charge in [-0.25, -0.2) is 0 Å². The number of aliphatic carboxylic acids is 1. The van der Waals surface area contributed by atoms with E-state index in [9.17, 15) is 9.90 Å². The number of hydrogen-bond donors (Lipinski definition) is 1. The van der Waals surface area contributed by atoms with Crippen LogP contribution >= 0.6 is 0 Å². The highest BCUT2D eigenvalue weighted by Gasteiger charge is 2.23. The molecule has 1 N–H and O–H groups in total. The predicted molar refractivity (Wildman–Crippen MR) is 113 cm³/mol. The van der Waals surface area contributed by atoms with Crippen LogP contribution in [0.25, 0.3) is 22.3 Å². The van der Waals surface area contributed by atoms with Crippen molar-refractivity contribution in [3.05, 3.63) is 120 Å². The first kappa shape index (κ1) is 17.7. The maximum atomic E-state index is 12.2. The molecular formula is C26H20O2. The molecule has 0 atom stereocenters. The van der Waals surface area contributed by atoms with Gasteiger partial charge < -0.3 is 5.11 Å². The molecule has 0 saturated carbocycles. The minimum Gasteiger partial charge on any atom is -0.481 e. The lowest BCUT2D eigenvalue weighted by atomic mass is 9.88. The zero-order chi connectivity index (χ0) is 19.3. The van der Waals surface area contributed by atoms with Gasteiger partial charge in [0.25, 0.3) is 0 Å². The molecule has 0 heterocycles. The third kappa shape index (κ3) is 3.72. The van der Waals surface area contributed by atoms with Crippen LogP contribution in [0.4, 0.5) is 0 Å². The fourth-order valence-corrected chi connectivity index (χ4v) is 3.53. The molecular weight excluding hydrogens is 344 g/mol. The Morgan fingerprint density at radius 2 is 0.929 bits per heavy atom. The topological polar surface area (TPSA) is 37.3 Å². The zero-order valence-electron chi connectivity index (χ0n) is 15.3. The summed E-state index contributed by atoms with van der Waals surface area (Å²) < 4.78 is 0. The third-order valence-corrected chi connectivity index (χ3v) is 4.90. The molecule has 0 fully saturated rings. The minimum atomic E-state index is -0.851. The van der Waals surface area contributed by atoms with Gasteiger partial charge in [-0.05, 0) is 45.5 Å². The van der Waals surface area contributed by atoms with Gasteiger partial charge in [0, 0.05) is 0 Å². The lowest BCUT2D eigenvalue weighted by molar-refractivity contribution is -0.137. The van der Waals surface area contributed by atoms with Crippen molar-refractivity contribution in [1.29, 1.82) is 0 Å². The molecule has 0 aromatic heterocycles. The molecule has 2 nitrogen and oxygen atoms in total. The zero-order valence-corrected chi connectivity index (χ0v) is 15.3. The Kier molecular flexibility index (Phi) is 5.03. The quantitative estimate of drug-likeness (QED) is 0.455. The van der Waals surface area contributed by atoms with Gasteiger partial charge in [0.2, 0.25) is 0 Å². The molecule has 0 aliphatic heterocycles. The summed E-state index contributed by atoms with van der Waals surface area (Å²) >= 11 is 0. The first-order chi connectivity index (χ1) is 13.7. The Hall–Kier alpha value is -3.65. The monoisotopic (exact) mass is 364 g/mol. The second-order valence-corrected chi connectivity index (χ2v) is 6.75. The van der Waals surface area contributed by atoms with Crippen molar-refractivity contribution < 1.29 is 9.90 Å². The lowest BCUT2D eigenvalue weighted by Gasteiger charge is -2.16. The fourth-order valence-electron chi connectivity index (χ4n) is 3.53. The van der Waals surface area contributed by atoms with Crippen molar-refractivity contribution in [2.24, 2.45) is 0 Å². The Balaban J connectivity index is 1.76. The number of rotatable bonds is 5. The summed E-state index contributed by atoms with van der Waals surface area (Å²) in [7, 11) is 0. The van der Waals surface area contributed by atoms with Crippen molar-refractivity contribution >= 4 is 5.97 Å². The number of carbonyl (C=O) groups is 1. The van der Waals surface area contributed by atoms with E-state index in [1.807, 2.05) is 109 Å². The first-order valence-electron chi connectivity index (χ1n) is 9.26. The Labute approximate surface area is 164 Å². The van der Waals surface area contributed by atoms with E-state index in [0.29, 0.717) is 0 Å². The number of carboxylic acids is 1. The van der Waals surface area contributed by atoms with Crippen LogP contribution in [0.2, 0.25) is 0 Å². The van der Waals surface area contributed by atoms with Gasteiger partial charge in [-0.2, -0.15) is 0 Å². The summed E-state index contributed by atoms with van der Waals surface area (Å²) in [5.74, 6) is -1.57. The Bertz CT molecular complexity index is 1000. The molecule has 4 aromatic carbocycles. The molecule has 4 rings (SSSR count). The van der Waals surface area contributed by atoms with E-state index in [4.69, 9.17) is 0 Å². The van der Waals surface area contributed by atoms with E-state index in [1.165, 1.54) is 0 Å². The van der Waals surface area contributed by atoms with E-state index >= 15 is 0 Å². The summed E-state index contributed by atoms with van der Waals surface area (Å²) in [6.45, 7) is 0. The summed E-state index contributed by atoms with van der Waals surface area (Å²) in [6, 6.07) is 35.6. The SMILES string of the molecule is O=C(O)C(c1cccc(-c2ccccc2)c1)c1cccc(-c2ccccc2)c1. The van der Waals surface area contributed by atoms with Gasteiger partial charge in [0.05, 0.1) is 0 Å². The average Bonchev–Trinajstić information content (AvgIpc) is 2.75. The van der Waals surface area contributed by atoms with E-state index < -0.39 is 11.9 Å². The molecule has 28 heavy (non-hydrogen) atoms. The van der Waals surface area contributed by atoms with Gasteiger partial charge in [-0.15, -0.1) is 0 Å². The molecule has 4 aromatic rings. The number of hydrogen-bond acceptors (Lipinski definition) is 1. The van der Waals surface area contributed by atoms with Gasteiger partial charge in [0.15, 0.2) is 0 Å². The molecule has 0 spiro atoms. The van der Waals surface area contributed by atoms with Gasteiger partial charge in [-0.3, -0.25) is 4.79 Å². The standard InChI is InChI=1S/C26H20O2/c27-26(28)25(23-15-7-13-21(17-23)19-9-3-1-4-10-19)24-16-8-14-22(18-24)20-11-5-2-6-12-20/h1-18,25H,(H,27,28). The van der Waals surface area contributed by atoms with Crippen LogP contribution < -0.4 is 0 Å². The first-order valence-corrected chi connectivity index (χ1v) is 9.26. The predicted octanol–water partition coefficient (Wildman–Crippen LogP) is 6.24. The molecule has 2 heteroatoms. The summed E-state index contributed by atoms with van der Waals surface area (Å²) in [6.07, 6.45) is 0. The maximum Gasteiger partial charge on any atom is 0.315 e. The molecule has 0 aliphatic rings. The Morgan fingerprint density at radius 3 is 1.32 bits per heavy atom. The second-order valence-electron chi connectivity index (χ2n) is 6.75. The molecule has 0 radical (unpaired) electrons. The van der Waals surface area contributed by atoms with Gasteiger partial charge >= 0.3 is 5.97 Å². The van der Waals surface area contributed by atoms with Crippen molar-refractivity contribution in [3.8, 4) is 22.3 Å². The summed E-state index contributed by atoms with van der Waals surface area (Å²) in [4.78, 5) is 12.2. The van der Waals surface area contributed by atoms with Crippen molar-refractivity contribution in [3.63, 3.8) is 0 Å². The highest BCUT2D eigenvalue weighted by atomic mass is 16.4. The largest absolute Gasteiger partial charge is 0.481 e. The van der Waals surface area contributed by atoms with Crippen molar-refractivity contribution in [2.45, 2.75) is 5.92 Å². The van der Waals surface area contributed by atoms with Crippen LogP contribution in [0.5, 0.6) is 0 Å². The van der Waals surface area contributed by atoms with Crippen LogP contribution in [-0.2, 0) is 4.79 Å².